The van der Waals surface area contributed by atoms with Gasteiger partial charge in [0.2, 0.25) is 0 Å². The van der Waals surface area contributed by atoms with Crippen LogP contribution in [0, 0.1) is 13.8 Å². The van der Waals surface area contributed by atoms with Gasteiger partial charge in [-0.05, 0) is 44.0 Å². The average Bonchev–Trinajstić information content (AvgIpc) is 3.13. The van der Waals surface area contributed by atoms with Gasteiger partial charge in [-0.2, -0.15) is 0 Å². The largest absolute Gasteiger partial charge is 0.497 e. The highest BCUT2D eigenvalue weighted by atomic mass is 32.2. The first-order chi connectivity index (χ1) is 12.6. The van der Waals surface area contributed by atoms with Gasteiger partial charge in [-0.25, -0.2) is 0 Å². The van der Waals surface area contributed by atoms with Crippen molar-refractivity contribution in [1.29, 1.82) is 0 Å². The van der Waals surface area contributed by atoms with E-state index >= 15 is 0 Å². The Balaban J connectivity index is 1.97. The predicted molar refractivity (Wildman–Crippen MR) is 110 cm³/mol. The Morgan fingerprint density at radius 1 is 1.08 bits per heavy atom. The molecule has 0 fully saturated rings. The Bertz CT molecular complexity index is 784. The second kappa shape index (κ2) is 8.49. The van der Waals surface area contributed by atoms with E-state index in [9.17, 15) is 0 Å². The van der Waals surface area contributed by atoms with Gasteiger partial charge in [0.15, 0.2) is 5.17 Å². The van der Waals surface area contributed by atoms with Gasteiger partial charge >= 0.3 is 0 Å². The number of nitrogens with zero attached hydrogens (tertiary/aromatic N) is 1. The molecule has 5 heteroatoms. The van der Waals surface area contributed by atoms with Crippen molar-refractivity contribution in [2.45, 2.75) is 26.3 Å². The first-order valence-electron chi connectivity index (χ1n) is 8.82. The maximum Gasteiger partial charge on any atom is 0.157 e. The maximum atomic E-state index is 5.63. The standard InChI is InChI=1S/C21H26N2O2S/c1-14-9-15(2)11-16(10-14)12-19(23-21-22-7-8-26-21)18-13-17(24-3)5-6-20(18)25-4/h5-6,9-11,13,19H,7-8,12H2,1-4H3,(H,22,23). The number of hydrogen-bond donors (Lipinski definition) is 1. The Morgan fingerprint density at radius 3 is 2.46 bits per heavy atom. The van der Waals surface area contributed by atoms with Gasteiger partial charge < -0.3 is 14.8 Å². The van der Waals surface area contributed by atoms with Crippen molar-refractivity contribution >= 4 is 16.9 Å². The molecule has 0 bridgehead atoms. The third-order valence-corrected chi connectivity index (χ3v) is 5.32. The third-order valence-electron chi connectivity index (χ3n) is 4.42. The van der Waals surface area contributed by atoms with Crippen LogP contribution in [-0.2, 0) is 6.42 Å². The molecule has 0 saturated carbocycles. The SMILES string of the molecule is COc1ccc(OC)c(C(Cc2cc(C)cc(C)c2)NC2=NCCS2)c1. The molecule has 138 valence electrons. The molecule has 3 rings (SSSR count). The fraction of sp³-hybridized carbons (Fsp3) is 0.381. The minimum Gasteiger partial charge on any atom is -0.497 e. The lowest BCUT2D eigenvalue weighted by atomic mass is 9.95. The van der Waals surface area contributed by atoms with Crippen molar-refractivity contribution in [1.82, 2.24) is 5.32 Å². The van der Waals surface area contributed by atoms with E-state index in [1.165, 1.54) is 16.7 Å². The molecular weight excluding hydrogens is 344 g/mol. The minimum absolute atomic E-state index is 0.0607. The first kappa shape index (κ1) is 18.6. The first-order valence-corrected chi connectivity index (χ1v) is 9.80. The van der Waals surface area contributed by atoms with Crippen molar-refractivity contribution in [3.8, 4) is 11.5 Å². The summed E-state index contributed by atoms with van der Waals surface area (Å²) in [6.07, 6.45) is 0.853. The molecule has 1 N–H and O–H groups in total. The molecule has 2 aromatic carbocycles. The summed E-state index contributed by atoms with van der Waals surface area (Å²) >= 11 is 1.77. The number of amidine groups is 1. The van der Waals surface area contributed by atoms with Crippen LogP contribution in [0.3, 0.4) is 0 Å². The van der Waals surface area contributed by atoms with Crippen molar-refractivity contribution in [2.24, 2.45) is 4.99 Å². The summed E-state index contributed by atoms with van der Waals surface area (Å²) in [5.41, 5.74) is 4.95. The summed E-state index contributed by atoms with van der Waals surface area (Å²) in [4.78, 5) is 4.57. The Hall–Kier alpha value is -2.14. The summed E-state index contributed by atoms with van der Waals surface area (Å²) in [7, 11) is 3.40. The third kappa shape index (κ3) is 4.52. The van der Waals surface area contributed by atoms with Crippen molar-refractivity contribution in [3.63, 3.8) is 0 Å². The molecule has 4 nitrogen and oxygen atoms in total. The normalized spacial score (nSPS) is 14.7. The van der Waals surface area contributed by atoms with E-state index in [1.807, 2.05) is 12.1 Å². The minimum atomic E-state index is 0.0607. The molecular formula is C21H26N2O2S. The summed E-state index contributed by atoms with van der Waals surface area (Å²) in [5, 5.41) is 4.63. The van der Waals surface area contributed by atoms with Crippen LogP contribution < -0.4 is 14.8 Å². The van der Waals surface area contributed by atoms with Gasteiger partial charge in [-0.15, -0.1) is 0 Å². The molecule has 0 radical (unpaired) electrons. The molecule has 2 aromatic rings. The van der Waals surface area contributed by atoms with Crippen LogP contribution in [0.2, 0.25) is 0 Å². The summed E-state index contributed by atoms with van der Waals surface area (Å²) < 4.78 is 11.1. The van der Waals surface area contributed by atoms with Gasteiger partial charge in [0.05, 0.1) is 26.8 Å². The molecule has 1 unspecified atom stereocenters. The van der Waals surface area contributed by atoms with Crippen LogP contribution in [0.1, 0.15) is 28.3 Å². The van der Waals surface area contributed by atoms with E-state index in [0.29, 0.717) is 0 Å². The number of ether oxygens (including phenoxy) is 2. The van der Waals surface area contributed by atoms with E-state index < -0.39 is 0 Å². The quantitative estimate of drug-likeness (QED) is 0.823. The van der Waals surface area contributed by atoms with Gasteiger partial charge in [0.25, 0.3) is 0 Å². The van der Waals surface area contributed by atoms with Crippen LogP contribution in [0.4, 0.5) is 0 Å². The van der Waals surface area contributed by atoms with Crippen LogP contribution in [0.25, 0.3) is 0 Å². The summed E-state index contributed by atoms with van der Waals surface area (Å²) in [5.74, 6) is 2.72. The number of nitrogens with one attached hydrogen (secondary N) is 1. The van der Waals surface area contributed by atoms with Crippen molar-refractivity contribution in [3.05, 3.63) is 58.7 Å². The van der Waals surface area contributed by atoms with E-state index in [-0.39, 0.29) is 6.04 Å². The summed E-state index contributed by atoms with van der Waals surface area (Å²) in [6.45, 7) is 5.16. The number of rotatable bonds is 6. The molecule has 0 aliphatic carbocycles. The fourth-order valence-corrected chi connectivity index (χ4v) is 4.13. The molecule has 0 saturated heterocycles. The molecule has 1 atom stereocenters. The number of aryl methyl sites for hydroxylation is 2. The van der Waals surface area contributed by atoms with E-state index in [2.05, 4.69) is 48.4 Å². The Kier molecular flexibility index (Phi) is 6.09. The lowest BCUT2D eigenvalue weighted by Crippen LogP contribution is -2.27. The number of thioether (sulfide) groups is 1. The maximum absolute atomic E-state index is 5.63. The zero-order valence-corrected chi connectivity index (χ0v) is 16.7. The molecule has 1 aliphatic rings. The molecule has 1 heterocycles. The predicted octanol–water partition coefficient (Wildman–Crippen LogP) is 4.30. The number of hydrogen-bond acceptors (Lipinski definition) is 5. The van der Waals surface area contributed by atoms with E-state index in [4.69, 9.17) is 9.47 Å². The number of benzene rings is 2. The second-order valence-corrected chi connectivity index (χ2v) is 7.62. The zero-order chi connectivity index (χ0) is 18.5. The molecule has 0 amide bonds. The van der Waals surface area contributed by atoms with Crippen molar-refractivity contribution in [2.75, 3.05) is 26.5 Å². The summed E-state index contributed by atoms with van der Waals surface area (Å²) in [6, 6.07) is 12.7. The van der Waals surface area contributed by atoms with Crippen LogP contribution >= 0.6 is 11.8 Å². The van der Waals surface area contributed by atoms with Gasteiger partial charge in [-0.3, -0.25) is 4.99 Å². The molecule has 1 aliphatic heterocycles. The fourth-order valence-electron chi connectivity index (χ4n) is 3.34. The molecule has 0 spiro atoms. The highest BCUT2D eigenvalue weighted by molar-refractivity contribution is 8.14. The molecule has 0 aromatic heterocycles. The number of aliphatic imine (C=N–C) groups is 1. The van der Waals surface area contributed by atoms with Gasteiger partial charge in [0, 0.05) is 11.3 Å². The second-order valence-electron chi connectivity index (χ2n) is 6.54. The lowest BCUT2D eigenvalue weighted by Gasteiger charge is -2.23. The van der Waals surface area contributed by atoms with E-state index in [0.717, 1.165) is 40.9 Å². The van der Waals surface area contributed by atoms with Gasteiger partial charge in [0.1, 0.15) is 11.5 Å². The van der Waals surface area contributed by atoms with Crippen molar-refractivity contribution < 1.29 is 9.47 Å². The van der Waals surface area contributed by atoms with Crippen LogP contribution in [0.5, 0.6) is 11.5 Å². The molecule has 26 heavy (non-hydrogen) atoms. The Labute approximate surface area is 160 Å². The highest BCUT2D eigenvalue weighted by Crippen LogP contribution is 2.32. The monoisotopic (exact) mass is 370 g/mol. The topological polar surface area (TPSA) is 42.9 Å². The van der Waals surface area contributed by atoms with Gasteiger partial charge in [-0.1, -0.05) is 41.1 Å². The highest BCUT2D eigenvalue weighted by Gasteiger charge is 2.21. The number of methoxy groups -OCH3 is 2. The van der Waals surface area contributed by atoms with Crippen LogP contribution in [0.15, 0.2) is 41.4 Å². The Morgan fingerprint density at radius 2 is 1.85 bits per heavy atom. The lowest BCUT2D eigenvalue weighted by molar-refractivity contribution is 0.393. The average molecular weight is 371 g/mol. The smallest absolute Gasteiger partial charge is 0.157 e. The van der Waals surface area contributed by atoms with E-state index in [1.54, 1.807) is 26.0 Å². The van der Waals surface area contributed by atoms with Crippen LogP contribution in [-0.4, -0.2) is 31.7 Å². The zero-order valence-electron chi connectivity index (χ0n) is 15.8.